The molecular weight excluding hydrogens is 281 g/mol. The second kappa shape index (κ2) is 5.39. The number of aryl methyl sites for hydroxylation is 1. The van der Waals surface area contributed by atoms with Gasteiger partial charge in [0.25, 0.3) is 5.91 Å². The number of likely N-dealkylation sites (tertiary alicyclic amines) is 1. The topological polar surface area (TPSA) is 48.1 Å². The van der Waals surface area contributed by atoms with Crippen molar-refractivity contribution in [2.45, 2.75) is 26.8 Å². The summed E-state index contributed by atoms with van der Waals surface area (Å²) in [7, 11) is 2.05. The van der Waals surface area contributed by atoms with Crippen molar-refractivity contribution >= 4 is 16.8 Å². The highest BCUT2D eigenvalue weighted by atomic mass is 19.1. The number of hydrogen-bond donors (Lipinski definition) is 2. The molecule has 1 aliphatic rings. The van der Waals surface area contributed by atoms with Crippen molar-refractivity contribution in [3.05, 3.63) is 34.8 Å². The third-order valence-corrected chi connectivity index (χ3v) is 4.72. The molecule has 2 N–H and O–H groups in total. The Bertz CT molecular complexity index is 737. The highest BCUT2D eigenvalue weighted by Crippen LogP contribution is 2.24. The summed E-state index contributed by atoms with van der Waals surface area (Å²) in [5.41, 5.74) is 2.33. The average molecular weight is 303 g/mol. The monoisotopic (exact) mass is 303 g/mol. The Morgan fingerprint density at radius 3 is 2.73 bits per heavy atom. The van der Waals surface area contributed by atoms with Gasteiger partial charge < -0.3 is 15.2 Å². The number of aromatic amines is 1. The number of halogens is 1. The number of amides is 1. The van der Waals surface area contributed by atoms with Gasteiger partial charge in [0.15, 0.2) is 0 Å². The molecule has 1 aromatic carbocycles. The Hall–Kier alpha value is -1.88. The summed E-state index contributed by atoms with van der Waals surface area (Å²) in [4.78, 5) is 17.6. The molecule has 0 aliphatic carbocycles. The van der Waals surface area contributed by atoms with E-state index in [1.165, 1.54) is 0 Å². The lowest BCUT2D eigenvalue weighted by Crippen LogP contribution is -2.39. The van der Waals surface area contributed by atoms with Crippen molar-refractivity contribution in [2.75, 3.05) is 20.1 Å². The number of rotatable bonds is 2. The molecule has 0 radical (unpaired) electrons. The highest BCUT2D eigenvalue weighted by molar-refractivity contribution is 5.98. The first kappa shape index (κ1) is 15.0. The standard InChI is InChI=1S/C17H22FN3O/c1-9-5-12-6-13(19-16(12)15(18)11(9)3)17(22)20-14-8-21(4)7-10(14)2/h5-6,10,14,19H,7-8H2,1-4H3,(H,20,22)/t10-,14-/m1/s1. The Morgan fingerprint density at radius 1 is 1.36 bits per heavy atom. The number of fused-ring (bicyclic) bond motifs is 1. The molecule has 0 saturated carbocycles. The third kappa shape index (κ3) is 2.50. The zero-order valence-corrected chi connectivity index (χ0v) is 13.5. The van der Waals surface area contributed by atoms with Gasteiger partial charge in [0.2, 0.25) is 0 Å². The predicted molar refractivity (Wildman–Crippen MR) is 85.6 cm³/mol. The Labute approximate surface area is 129 Å². The van der Waals surface area contributed by atoms with Crippen molar-refractivity contribution < 1.29 is 9.18 Å². The van der Waals surface area contributed by atoms with Crippen LogP contribution in [0.5, 0.6) is 0 Å². The van der Waals surface area contributed by atoms with Crippen molar-refractivity contribution in [2.24, 2.45) is 5.92 Å². The van der Waals surface area contributed by atoms with Crippen LogP contribution in [0.4, 0.5) is 4.39 Å². The maximum atomic E-state index is 14.3. The fourth-order valence-corrected chi connectivity index (χ4v) is 3.23. The summed E-state index contributed by atoms with van der Waals surface area (Å²) in [5.74, 6) is -0.0272. The van der Waals surface area contributed by atoms with Crippen LogP contribution in [0.1, 0.15) is 28.5 Å². The summed E-state index contributed by atoms with van der Waals surface area (Å²) in [6, 6.07) is 3.77. The molecule has 4 nitrogen and oxygen atoms in total. The minimum Gasteiger partial charge on any atom is -0.348 e. The zero-order valence-electron chi connectivity index (χ0n) is 13.5. The summed E-state index contributed by atoms with van der Waals surface area (Å²) < 4.78 is 14.3. The first-order chi connectivity index (χ1) is 10.4. The van der Waals surface area contributed by atoms with E-state index in [2.05, 4.69) is 22.1 Å². The van der Waals surface area contributed by atoms with Gasteiger partial charge in [-0.15, -0.1) is 0 Å². The first-order valence-electron chi connectivity index (χ1n) is 7.64. The Balaban J connectivity index is 1.87. The summed E-state index contributed by atoms with van der Waals surface area (Å²) in [5, 5.41) is 3.79. The number of benzene rings is 1. The fourth-order valence-electron chi connectivity index (χ4n) is 3.23. The maximum absolute atomic E-state index is 14.3. The second-order valence-corrected chi connectivity index (χ2v) is 6.56. The van der Waals surface area contributed by atoms with Gasteiger partial charge in [-0.1, -0.05) is 6.92 Å². The summed E-state index contributed by atoms with van der Waals surface area (Å²) in [6.07, 6.45) is 0. The van der Waals surface area contributed by atoms with Crippen molar-refractivity contribution in [1.82, 2.24) is 15.2 Å². The molecule has 2 heterocycles. The van der Waals surface area contributed by atoms with E-state index in [1.807, 2.05) is 20.0 Å². The number of carbonyl (C=O) groups excluding carboxylic acids is 1. The molecule has 2 aromatic rings. The van der Waals surface area contributed by atoms with Crippen molar-refractivity contribution in [3.63, 3.8) is 0 Å². The lowest BCUT2D eigenvalue weighted by Gasteiger charge is -2.15. The van der Waals surface area contributed by atoms with Gasteiger partial charge in [0.05, 0.1) is 5.52 Å². The van der Waals surface area contributed by atoms with Gasteiger partial charge in [0, 0.05) is 24.5 Å². The van der Waals surface area contributed by atoms with Crippen LogP contribution in [0.25, 0.3) is 10.9 Å². The predicted octanol–water partition coefficient (Wildman–Crippen LogP) is 2.60. The van der Waals surface area contributed by atoms with E-state index in [0.29, 0.717) is 22.7 Å². The van der Waals surface area contributed by atoms with Gasteiger partial charge in [-0.3, -0.25) is 4.79 Å². The van der Waals surface area contributed by atoms with Crippen LogP contribution >= 0.6 is 0 Å². The van der Waals surface area contributed by atoms with Crippen LogP contribution in [-0.4, -0.2) is 42.0 Å². The number of likely N-dealkylation sites (N-methyl/N-ethyl adjacent to an activating group) is 1. The molecule has 22 heavy (non-hydrogen) atoms. The molecule has 0 bridgehead atoms. The molecule has 5 heteroatoms. The molecular formula is C17H22FN3O. The van der Waals surface area contributed by atoms with Crippen LogP contribution in [-0.2, 0) is 0 Å². The lowest BCUT2D eigenvalue weighted by atomic mass is 10.1. The quantitative estimate of drug-likeness (QED) is 0.896. The number of hydrogen-bond acceptors (Lipinski definition) is 2. The molecule has 1 fully saturated rings. The molecule has 1 aromatic heterocycles. The average Bonchev–Trinajstić information content (AvgIpc) is 3.00. The number of H-pyrrole nitrogens is 1. The number of nitrogens with zero attached hydrogens (tertiary/aromatic N) is 1. The van der Waals surface area contributed by atoms with Gasteiger partial charge in [-0.25, -0.2) is 4.39 Å². The van der Waals surface area contributed by atoms with E-state index >= 15 is 0 Å². The van der Waals surface area contributed by atoms with Crippen LogP contribution < -0.4 is 5.32 Å². The molecule has 1 amide bonds. The van der Waals surface area contributed by atoms with E-state index in [-0.39, 0.29) is 17.8 Å². The SMILES string of the molecule is Cc1cc2cc(C(=O)N[C@@H]3CN(C)C[C@H]3C)[nH]c2c(F)c1C. The van der Waals surface area contributed by atoms with Gasteiger partial charge in [-0.2, -0.15) is 0 Å². The minimum absolute atomic E-state index is 0.136. The second-order valence-electron chi connectivity index (χ2n) is 6.56. The largest absolute Gasteiger partial charge is 0.348 e. The van der Waals surface area contributed by atoms with E-state index < -0.39 is 0 Å². The Kier molecular flexibility index (Phi) is 3.68. The molecule has 3 rings (SSSR count). The van der Waals surface area contributed by atoms with Crippen molar-refractivity contribution in [1.29, 1.82) is 0 Å². The van der Waals surface area contributed by atoms with Crippen LogP contribution in [0.3, 0.4) is 0 Å². The van der Waals surface area contributed by atoms with E-state index in [0.717, 1.165) is 24.0 Å². The van der Waals surface area contributed by atoms with E-state index in [4.69, 9.17) is 0 Å². The van der Waals surface area contributed by atoms with E-state index in [1.54, 1.807) is 13.0 Å². The molecule has 1 saturated heterocycles. The first-order valence-corrected chi connectivity index (χ1v) is 7.64. The highest BCUT2D eigenvalue weighted by Gasteiger charge is 2.29. The number of carbonyl (C=O) groups is 1. The number of aromatic nitrogens is 1. The van der Waals surface area contributed by atoms with Gasteiger partial charge >= 0.3 is 0 Å². The molecule has 1 aliphatic heterocycles. The third-order valence-electron chi connectivity index (χ3n) is 4.72. The molecule has 0 unspecified atom stereocenters. The lowest BCUT2D eigenvalue weighted by molar-refractivity contribution is 0.0927. The molecule has 118 valence electrons. The summed E-state index contributed by atoms with van der Waals surface area (Å²) in [6.45, 7) is 7.58. The normalized spacial score (nSPS) is 22.4. The van der Waals surface area contributed by atoms with Crippen LogP contribution in [0, 0.1) is 25.6 Å². The minimum atomic E-state index is -0.275. The smallest absolute Gasteiger partial charge is 0.268 e. The maximum Gasteiger partial charge on any atom is 0.268 e. The van der Waals surface area contributed by atoms with E-state index in [9.17, 15) is 9.18 Å². The van der Waals surface area contributed by atoms with Crippen LogP contribution in [0.2, 0.25) is 0 Å². The summed E-state index contributed by atoms with van der Waals surface area (Å²) >= 11 is 0. The molecule has 2 atom stereocenters. The zero-order chi connectivity index (χ0) is 16.0. The van der Waals surface area contributed by atoms with Crippen LogP contribution in [0.15, 0.2) is 12.1 Å². The van der Waals surface area contributed by atoms with Gasteiger partial charge in [-0.05, 0) is 50.1 Å². The number of nitrogens with one attached hydrogen (secondary N) is 2. The van der Waals surface area contributed by atoms with Crippen molar-refractivity contribution in [3.8, 4) is 0 Å². The van der Waals surface area contributed by atoms with Gasteiger partial charge in [0.1, 0.15) is 11.5 Å². The fraction of sp³-hybridized carbons (Fsp3) is 0.471. The molecule has 0 spiro atoms. The Morgan fingerprint density at radius 2 is 2.09 bits per heavy atom.